The number of hydrogen-bond acceptors (Lipinski definition) is 1. The second-order valence-corrected chi connectivity index (χ2v) is 10.1. The molecule has 41 heavy (non-hydrogen) atoms. The van der Waals surface area contributed by atoms with Crippen LogP contribution in [0, 0.1) is 6.57 Å². The lowest BCUT2D eigenvalue weighted by Crippen LogP contribution is -2.09. The smallest absolute Gasteiger partial charge is 0.187 e. The van der Waals surface area contributed by atoms with Crippen molar-refractivity contribution < 1.29 is 0 Å². The number of nitrogens with zero attached hydrogens (tertiary/aromatic N) is 2. The molecule has 0 unspecified atom stereocenters. The number of benzene rings is 7. The van der Waals surface area contributed by atoms with Gasteiger partial charge in [-0.1, -0.05) is 121 Å². The van der Waals surface area contributed by atoms with Gasteiger partial charge in [0.1, 0.15) is 0 Å². The normalized spacial score (nSPS) is 10.9. The van der Waals surface area contributed by atoms with E-state index < -0.39 is 0 Å². The molecule has 0 aliphatic heterocycles. The average Bonchev–Trinajstić information content (AvgIpc) is 3.05. The summed E-state index contributed by atoms with van der Waals surface area (Å²) in [5.41, 5.74) is 8.73. The molecule has 0 radical (unpaired) electrons. The van der Waals surface area contributed by atoms with Gasteiger partial charge in [0.15, 0.2) is 5.69 Å². The minimum atomic E-state index is 0.652. The highest BCUT2D eigenvalue weighted by Gasteiger charge is 2.17. The van der Waals surface area contributed by atoms with Gasteiger partial charge < -0.3 is 4.90 Å². The van der Waals surface area contributed by atoms with E-state index in [2.05, 4.69) is 155 Å². The standard InChI is InChI=1S/C39H26N2/c1-40-30-24-20-28(21-25-30)38-34-16-8-10-18-36(34)39(37-19-11-9-17-35(37)38)29-22-26-33(27-23-29)41(31-12-4-2-5-13-31)32-14-6-3-7-15-32/h2-27H. The van der Waals surface area contributed by atoms with E-state index in [9.17, 15) is 0 Å². The van der Waals surface area contributed by atoms with Gasteiger partial charge in [0.05, 0.1) is 6.57 Å². The van der Waals surface area contributed by atoms with Crippen molar-refractivity contribution in [2.45, 2.75) is 0 Å². The highest BCUT2D eigenvalue weighted by Crippen LogP contribution is 2.44. The van der Waals surface area contributed by atoms with Gasteiger partial charge in [-0.25, -0.2) is 4.85 Å². The minimum absolute atomic E-state index is 0.652. The van der Waals surface area contributed by atoms with Gasteiger partial charge in [0.25, 0.3) is 0 Å². The van der Waals surface area contributed by atoms with Crippen molar-refractivity contribution in [3.8, 4) is 22.3 Å². The Morgan fingerprint density at radius 2 is 0.707 bits per heavy atom. The molecule has 0 aliphatic rings. The molecule has 192 valence electrons. The first-order valence-corrected chi connectivity index (χ1v) is 13.7. The molecule has 0 amide bonds. The Balaban J connectivity index is 1.42. The fourth-order valence-corrected chi connectivity index (χ4v) is 5.83. The predicted molar refractivity (Wildman–Crippen MR) is 173 cm³/mol. The first kappa shape index (κ1) is 24.4. The van der Waals surface area contributed by atoms with Crippen LogP contribution in [0.1, 0.15) is 0 Å². The summed E-state index contributed by atoms with van der Waals surface area (Å²) in [6.45, 7) is 7.37. The number of fused-ring (bicyclic) bond motifs is 2. The molecule has 0 aromatic heterocycles. The van der Waals surface area contributed by atoms with Gasteiger partial charge in [-0.15, -0.1) is 0 Å². The van der Waals surface area contributed by atoms with Gasteiger partial charge in [0, 0.05) is 17.1 Å². The van der Waals surface area contributed by atoms with E-state index in [0.717, 1.165) is 22.6 Å². The Bertz CT molecular complexity index is 1920. The molecule has 0 saturated carbocycles. The van der Waals surface area contributed by atoms with E-state index in [4.69, 9.17) is 6.57 Å². The third-order valence-corrected chi connectivity index (χ3v) is 7.66. The number of anilines is 3. The van der Waals surface area contributed by atoms with Crippen molar-refractivity contribution in [1.29, 1.82) is 0 Å². The van der Waals surface area contributed by atoms with E-state index in [0.29, 0.717) is 5.69 Å². The number of para-hydroxylation sites is 2. The molecule has 2 heteroatoms. The lowest BCUT2D eigenvalue weighted by atomic mass is 9.86. The maximum absolute atomic E-state index is 7.37. The van der Waals surface area contributed by atoms with Crippen LogP contribution in [0.3, 0.4) is 0 Å². The molecule has 0 N–H and O–H groups in total. The van der Waals surface area contributed by atoms with Crippen molar-refractivity contribution in [2.24, 2.45) is 0 Å². The minimum Gasteiger partial charge on any atom is -0.311 e. The Morgan fingerprint density at radius 1 is 0.366 bits per heavy atom. The summed E-state index contributed by atoms with van der Waals surface area (Å²) in [5.74, 6) is 0. The van der Waals surface area contributed by atoms with E-state index in [1.165, 1.54) is 38.2 Å². The molecular formula is C39H26N2. The molecule has 0 heterocycles. The molecule has 0 bridgehead atoms. The summed E-state index contributed by atoms with van der Waals surface area (Å²) >= 11 is 0. The van der Waals surface area contributed by atoms with Crippen LogP contribution in [0.4, 0.5) is 22.7 Å². The zero-order valence-electron chi connectivity index (χ0n) is 22.4. The molecule has 7 aromatic rings. The first-order chi connectivity index (χ1) is 20.3. The topological polar surface area (TPSA) is 7.60 Å². The van der Waals surface area contributed by atoms with Crippen LogP contribution in [-0.4, -0.2) is 0 Å². The van der Waals surface area contributed by atoms with Crippen LogP contribution < -0.4 is 4.90 Å². The molecule has 0 spiro atoms. The first-order valence-electron chi connectivity index (χ1n) is 13.7. The quantitative estimate of drug-likeness (QED) is 0.161. The van der Waals surface area contributed by atoms with Crippen molar-refractivity contribution in [3.05, 3.63) is 169 Å². The largest absolute Gasteiger partial charge is 0.311 e. The van der Waals surface area contributed by atoms with Gasteiger partial charge in [-0.2, -0.15) is 0 Å². The number of rotatable bonds is 5. The third-order valence-electron chi connectivity index (χ3n) is 7.66. The van der Waals surface area contributed by atoms with E-state index in [1.807, 2.05) is 12.1 Å². The molecule has 0 aliphatic carbocycles. The lowest BCUT2D eigenvalue weighted by molar-refractivity contribution is 1.28. The third kappa shape index (κ3) is 4.40. The SMILES string of the molecule is [C-]#[N+]c1ccc(-c2c3ccccc3c(-c3ccc(N(c4ccccc4)c4ccccc4)cc3)c3ccccc23)cc1. The van der Waals surface area contributed by atoms with Gasteiger partial charge in [0.2, 0.25) is 0 Å². The fourth-order valence-electron chi connectivity index (χ4n) is 5.83. The van der Waals surface area contributed by atoms with E-state index in [-0.39, 0.29) is 0 Å². The molecule has 0 atom stereocenters. The fraction of sp³-hybridized carbons (Fsp3) is 0. The second-order valence-electron chi connectivity index (χ2n) is 10.1. The van der Waals surface area contributed by atoms with Crippen LogP contribution in [0.15, 0.2) is 158 Å². The average molecular weight is 523 g/mol. The zero-order chi connectivity index (χ0) is 27.6. The van der Waals surface area contributed by atoms with Gasteiger partial charge in [-0.05, 0) is 80.2 Å². The van der Waals surface area contributed by atoms with Crippen LogP contribution in [0.25, 0.3) is 48.6 Å². The van der Waals surface area contributed by atoms with Gasteiger partial charge >= 0.3 is 0 Å². The Labute approximate surface area is 240 Å². The second kappa shape index (κ2) is 10.5. The van der Waals surface area contributed by atoms with Crippen LogP contribution >= 0.6 is 0 Å². The maximum atomic E-state index is 7.37. The summed E-state index contributed by atoms with van der Waals surface area (Å²) in [4.78, 5) is 5.88. The molecule has 0 fully saturated rings. The monoisotopic (exact) mass is 522 g/mol. The highest BCUT2D eigenvalue weighted by atomic mass is 15.1. The van der Waals surface area contributed by atoms with E-state index >= 15 is 0 Å². The van der Waals surface area contributed by atoms with Crippen LogP contribution in [-0.2, 0) is 0 Å². The predicted octanol–water partition coefficient (Wildman–Crippen LogP) is 11.3. The van der Waals surface area contributed by atoms with Crippen molar-refractivity contribution in [3.63, 3.8) is 0 Å². The summed E-state index contributed by atoms with van der Waals surface area (Å²) in [5, 5.41) is 4.84. The van der Waals surface area contributed by atoms with Crippen LogP contribution in [0.2, 0.25) is 0 Å². The Hall–Kier alpha value is -5.65. The van der Waals surface area contributed by atoms with Crippen LogP contribution in [0.5, 0.6) is 0 Å². The molecule has 2 nitrogen and oxygen atoms in total. The molecular weight excluding hydrogens is 496 g/mol. The molecule has 7 aromatic carbocycles. The summed E-state index contributed by atoms with van der Waals surface area (Å²) in [6.07, 6.45) is 0. The lowest BCUT2D eigenvalue weighted by Gasteiger charge is -2.25. The summed E-state index contributed by atoms with van der Waals surface area (Å²) in [6, 6.07) is 55.2. The summed E-state index contributed by atoms with van der Waals surface area (Å²) < 4.78 is 0. The van der Waals surface area contributed by atoms with Crippen molar-refractivity contribution >= 4 is 44.3 Å². The summed E-state index contributed by atoms with van der Waals surface area (Å²) in [7, 11) is 0. The van der Waals surface area contributed by atoms with Crippen molar-refractivity contribution in [1.82, 2.24) is 0 Å². The maximum Gasteiger partial charge on any atom is 0.187 e. The zero-order valence-corrected chi connectivity index (χ0v) is 22.4. The van der Waals surface area contributed by atoms with Gasteiger partial charge in [-0.3, -0.25) is 0 Å². The van der Waals surface area contributed by atoms with Crippen molar-refractivity contribution in [2.75, 3.05) is 4.90 Å². The highest BCUT2D eigenvalue weighted by molar-refractivity contribution is 6.21. The van der Waals surface area contributed by atoms with E-state index in [1.54, 1.807) is 0 Å². The molecule has 0 saturated heterocycles. The Kier molecular flexibility index (Phi) is 6.24. The number of hydrogen-bond donors (Lipinski definition) is 0. The Morgan fingerprint density at radius 3 is 1.10 bits per heavy atom. The molecule has 7 rings (SSSR count).